The van der Waals surface area contributed by atoms with Crippen molar-refractivity contribution in [2.45, 2.75) is 43.6 Å². The van der Waals surface area contributed by atoms with Crippen LogP contribution in [0.3, 0.4) is 0 Å². The first-order valence-corrected chi connectivity index (χ1v) is 10.6. The Kier molecular flexibility index (Phi) is 7.25. The monoisotopic (exact) mass is 480 g/mol. The largest absolute Gasteiger partial charge is 0.464 e. The van der Waals surface area contributed by atoms with E-state index in [1.165, 1.54) is 26.0 Å². The lowest BCUT2D eigenvalue weighted by atomic mass is 9.77. The predicted octanol–water partition coefficient (Wildman–Crippen LogP) is 3.64. The summed E-state index contributed by atoms with van der Waals surface area (Å²) < 4.78 is 49.4. The molecule has 0 amide bonds. The third-order valence-electron chi connectivity index (χ3n) is 5.73. The van der Waals surface area contributed by atoms with E-state index >= 15 is 0 Å². The molecule has 2 aromatic rings. The number of carbonyl (C=O) groups is 2. The lowest BCUT2D eigenvalue weighted by molar-refractivity contribution is -0.527. The van der Waals surface area contributed by atoms with E-state index in [-0.39, 0.29) is 18.8 Å². The second kappa shape index (κ2) is 9.80. The number of nitrogens with one attached hydrogen (secondary N) is 1. The number of halogens is 3. The molecule has 0 saturated carbocycles. The molecule has 0 aromatic heterocycles. The summed E-state index contributed by atoms with van der Waals surface area (Å²) in [6.07, 6.45) is -4.60. The van der Waals surface area contributed by atoms with Gasteiger partial charge in [0.05, 0.1) is 24.7 Å². The second-order valence-electron chi connectivity index (χ2n) is 7.66. The highest BCUT2D eigenvalue weighted by atomic mass is 19.4. The summed E-state index contributed by atoms with van der Waals surface area (Å²) in [6, 6.07) is 8.78. The zero-order valence-electron chi connectivity index (χ0n) is 18.4. The lowest BCUT2D eigenvalue weighted by Gasteiger charge is -2.30. The van der Waals surface area contributed by atoms with Crippen molar-refractivity contribution in [1.29, 1.82) is 0 Å². The minimum Gasteiger partial charge on any atom is -0.464 e. The number of hydrogen-bond acceptors (Lipinski definition) is 7. The lowest BCUT2D eigenvalue weighted by Crippen LogP contribution is -2.60. The second-order valence-corrected chi connectivity index (χ2v) is 7.66. The SMILES string of the molecule is CCOC(=O)C1(C(=O)OCC)N[C@H](c2ccc(C(F)(F)F)cc2)[C@H]([N+](=O)[O-])[C@H]1c1ccccc1. The minimum absolute atomic E-state index is 0.103. The van der Waals surface area contributed by atoms with Gasteiger partial charge in [0.1, 0.15) is 6.04 Å². The van der Waals surface area contributed by atoms with Crippen molar-refractivity contribution in [1.82, 2.24) is 5.32 Å². The molecule has 0 radical (unpaired) electrons. The van der Waals surface area contributed by atoms with Crippen molar-refractivity contribution in [2.75, 3.05) is 13.2 Å². The van der Waals surface area contributed by atoms with Gasteiger partial charge in [-0.15, -0.1) is 0 Å². The van der Waals surface area contributed by atoms with E-state index in [0.29, 0.717) is 5.56 Å². The standard InChI is InChI=1S/C23H23F3N2O6/c1-3-33-20(29)22(21(30)34-4-2)17(14-8-6-5-7-9-14)19(28(31)32)18(27-22)15-10-12-16(13-11-15)23(24,25)26/h5-13,17-19,27H,3-4H2,1-2H3/t17-,18-,19-/m1/s1. The molecule has 0 unspecified atom stereocenters. The molecule has 11 heteroatoms. The molecule has 1 aliphatic rings. The third-order valence-corrected chi connectivity index (χ3v) is 5.73. The van der Waals surface area contributed by atoms with Crippen LogP contribution in [0.25, 0.3) is 0 Å². The summed E-state index contributed by atoms with van der Waals surface area (Å²) in [6.45, 7) is 2.80. The van der Waals surface area contributed by atoms with Crippen LogP contribution in [0.4, 0.5) is 13.2 Å². The molecule has 1 N–H and O–H groups in total. The van der Waals surface area contributed by atoms with Crippen molar-refractivity contribution in [3.8, 4) is 0 Å². The van der Waals surface area contributed by atoms with Gasteiger partial charge in [0.25, 0.3) is 0 Å². The van der Waals surface area contributed by atoms with Crippen molar-refractivity contribution < 1.29 is 37.2 Å². The Morgan fingerprint density at radius 2 is 1.50 bits per heavy atom. The molecule has 1 fully saturated rings. The fraction of sp³-hybridized carbons (Fsp3) is 0.391. The normalized spacial score (nSPS) is 21.6. The summed E-state index contributed by atoms with van der Waals surface area (Å²) in [5.74, 6) is -3.50. The number of nitro groups is 1. The summed E-state index contributed by atoms with van der Waals surface area (Å²) in [4.78, 5) is 38.2. The maximum absolute atomic E-state index is 13.2. The van der Waals surface area contributed by atoms with Crippen LogP contribution in [0.15, 0.2) is 54.6 Å². The van der Waals surface area contributed by atoms with Gasteiger partial charge in [-0.2, -0.15) is 13.2 Å². The molecule has 1 heterocycles. The van der Waals surface area contributed by atoms with Crippen LogP contribution < -0.4 is 5.32 Å². The van der Waals surface area contributed by atoms with Crippen LogP contribution in [-0.4, -0.2) is 41.7 Å². The quantitative estimate of drug-likeness (QED) is 0.279. The van der Waals surface area contributed by atoms with Crippen molar-refractivity contribution in [2.24, 2.45) is 0 Å². The number of carbonyl (C=O) groups excluding carboxylic acids is 2. The zero-order valence-corrected chi connectivity index (χ0v) is 18.4. The number of esters is 2. The smallest absolute Gasteiger partial charge is 0.416 e. The van der Waals surface area contributed by atoms with Gasteiger partial charge in [0.2, 0.25) is 11.6 Å². The number of rotatable bonds is 7. The molecule has 1 aliphatic heterocycles. The third kappa shape index (κ3) is 4.47. The predicted molar refractivity (Wildman–Crippen MR) is 113 cm³/mol. The number of benzene rings is 2. The molecular weight excluding hydrogens is 457 g/mol. The first-order valence-electron chi connectivity index (χ1n) is 10.6. The Balaban J connectivity index is 2.23. The molecule has 1 saturated heterocycles. The summed E-state index contributed by atoms with van der Waals surface area (Å²) in [5.41, 5.74) is -2.83. The first-order chi connectivity index (χ1) is 16.1. The maximum Gasteiger partial charge on any atom is 0.416 e. The van der Waals surface area contributed by atoms with Gasteiger partial charge in [-0.1, -0.05) is 42.5 Å². The fourth-order valence-electron chi connectivity index (χ4n) is 4.32. The molecule has 0 spiro atoms. The van der Waals surface area contributed by atoms with Crippen LogP contribution >= 0.6 is 0 Å². The number of hydrogen-bond donors (Lipinski definition) is 1. The van der Waals surface area contributed by atoms with Gasteiger partial charge in [-0.25, -0.2) is 9.59 Å². The maximum atomic E-state index is 13.2. The van der Waals surface area contributed by atoms with Gasteiger partial charge in [0.15, 0.2) is 0 Å². The number of nitrogens with zero attached hydrogens (tertiary/aromatic N) is 1. The van der Waals surface area contributed by atoms with E-state index in [9.17, 15) is 32.9 Å². The summed E-state index contributed by atoms with van der Waals surface area (Å²) >= 11 is 0. The summed E-state index contributed by atoms with van der Waals surface area (Å²) in [7, 11) is 0. The highest BCUT2D eigenvalue weighted by Crippen LogP contribution is 2.47. The molecular formula is C23H23F3N2O6. The Morgan fingerprint density at radius 1 is 0.971 bits per heavy atom. The molecule has 3 atom stereocenters. The molecule has 34 heavy (non-hydrogen) atoms. The Labute approximate surface area is 193 Å². The molecule has 0 aliphatic carbocycles. The average Bonchev–Trinajstić information content (AvgIpc) is 3.17. The molecule has 3 rings (SSSR count). The van der Waals surface area contributed by atoms with Crippen LogP contribution in [0.5, 0.6) is 0 Å². The van der Waals surface area contributed by atoms with E-state index in [4.69, 9.17) is 9.47 Å². The topological polar surface area (TPSA) is 108 Å². The minimum atomic E-state index is -4.60. The highest BCUT2D eigenvalue weighted by molar-refractivity contribution is 6.07. The average molecular weight is 480 g/mol. The molecule has 0 bridgehead atoms. The van der Waals surface area contributed by atoms with E-state index < -0.39 is 52.1 Å². The van der Waals surface area contributed by atoms with Crippen molar-refractivity contribution in [3.05, 3.63) is 81.4 Å². The molecule has 182 valence electrons. The van der Waals surface area contributed by atoms with E-state index in [1.54, 1.807) is 18.2 Å². The summed E-state index contributed by atoms with van der Waals surface area (Å²) in [5, 5.41) is 15.1. The van der Waals surface area contributed by atoms with E-state index in [0.717, 1.165) is 24.3 Å². The van der Waals surface area contributed by atoms with Crippen LogP contribution in [0.2, 0.25) is 0 Å². The Hall–Kier alpha value is -3.47. The van der Waals surface area contributed by atoms with Crippen molar-refractivity contribution >= 4 is 11.9 Å². The first kappa shape index (κ1) is 25.2. The van der Waals surface area contributed by atoms with Gasteiger partial charge in [0, 0.05) is 4.92 Å². The van der Waals surface area contributed by atoms with Crippen molar-refractivity contribution in [3.63, 3.8) is 0 Å². The number of ether oxygens (including phenoxy) is 2. The molecule has 8 nitrogen and oxygen atoms in total. The fourth-order valence-corrected chi connectivity index (χ4v) is 4.32. The Morgan fingerprint density at radius 3 is 1.94 bits per heavy atom. The van der Waals surface area contributed by atoms with Gasteiger partial charge >= 0.3 is 18.1 Å². The number of alkyl halides is 3. The Bertz CT molecular complexity index is 1020. The van der Waals surface area contributed by atoms with Gasteiger partial charge in [-0.3, -0.25) is 15.4 Å². The van der Waals surface area contributed by atoms with Gasteiger partial charge < -0.3 is 9.47 Å². The van der Waals surface area contributed by atoms with Crippen LogP contribution in [-0.2, 0) is 25.2 Å². The van der Waals surface area contributed by atoms with E-state index in [2.05, 4.69) is 5.32 Å². The van der Waals surface area contributed by atoms with E-state index in [1.807, 2.05) is 0 Å². The highest BCUT2D eigenvalue weighted by Gasteiger charge is 2.69. The van der Waals surface area contributed by atoms with Crippen LogP contribution in [0.1, 0.15) is 42.5 Å². The molecule has 2 aromatic carbocycles. The zero-order chi connectivity index (χ0) is 25.1. The van der Waals surface area contributed by atoms with Gasteiger partial charge in [-0.05, 0) is 37.1 Å². The van der Waals surface area contributed by atoms with Crippen LogP contribution in [0, 0.1) is 10.1 Å².